The Morgan fingerprint density at radius 2 is 2.23 bits per heavy atom. The van der Waals surface area contributed by atoms with Crippen molar-refractivity contribution in [3.63, 3.8) is 0 Å². The topological polar surface area (TPSA) is 63.1 Å². The third-order valence-corrected chi connectivity index (χ3v) is 4.12. The van der Waals surface area contributed by atoms with Gasteiger partial charge in [0.25, 0.3) is 5.91 Å². The molecular weight excluding hydrogens is 278 g/mol. The molecule has 116 valence electrons. The third-order valence-electron chi connectivity index (χ3n) is 4.12. The number of hydrogen-bond donors (Lipinski definition) is 1. The Morgan fingerprint density at radius 1 is 1.41 bits per heavy atom. The quantitative estimate of drug-likeness (QED) is 0.928. The summed E-state index contributed by atoms with van der Waals surface area (Å²) in [4.78, 5) is 18.7. The number of pyridine rings is 1. The SMILES string of the molecule is Cc1cc(C)n(-c2ccc(C(=O)N(C)C3CCNC3)cn2)n1. The lowest BCUT2D eigenvalue weighted by Crippen LogP contribution is -2.38. The first-order chi connectivity index (χ1) is 10.6. The third kappa shape index (κ3) is 2.74. The van der Waals surface area contributed by atoms with Crippen LogP contribution in [0.5, 0.6) is 0 Å². The molecule has 0 spiro atoms. The first-order valence-electron chi connectivity index (χ1n) is 7.54. The molecule has 1 aliphatic heterocycles. The summed E-state index contributed by atoms with van der Waals surface area (Å²) in [5.41, 5.74) is 2.59. The number of nitrogens with zero attached hydrogens (tertiary/aromatic N) is 4. The van der Waals surface area contributed by atoms with Crippen molar-refractivity contribution in [3.05, 3.63) is 41.3 Å². The van der Waals surface area contributed by atoms with E-state index in [2.05, 4.69) is 15.4 Å². The van der Waals surface area contributed by atoms with Crippen molar-refractivity contribution in [1.29, 1.82) is 0 Å². The molecule has 22 heavy (non-hydrogen) atoms. The summed E-state index contributed by atoms with van der Waals surface area (Å²) in [6.07, 6.45) is 2.63. The molecule has 1 aliphatic rings. The Kier molecular flexibility index (Phi) is 3.94. The predicted octanol–water partition coefficient (Wildman–Crippen LogP) is 1.32. The van der Waals surface area contributed by atoms with Gasteiger partial charge < -0.3 is 10.2 Å². The average Bonchev–Trinajstić information content (AvgIpc) is 3.15. The van der Waals surface area contributed by atoms with Gasteiger partial charge in [0.2, 0.25) is 0 Å². The van der Waals surface area contributed by atoms with Crippen molar-refractivity contribution >= 4 is 5.91 Å². The molecule has 6 heteroatoms. The molecule has 1 unspecified atom stereocenters. The molecule has 1 fully saturated rings. The van der Waals surface area contributed by atoms with Crippen molar-refractivity contribution < 1.29 is 4.79 Å². The van der Waals surface area contributed by atoms with Crippen LogP contribution in [-0.2, 0) is 0 Å². The Morgan fingerprint density at radius 3 is 2.77 bits per heavy atom. The van der Waals surface area contributed by atoms with Crippen LogP contribution in [0.4, 0.5) is 0 Å². The van der Waals surface area contributed by atoms with E-state index in [1.165, 1.54) is 0 Å². The van der Waals surface area contributed by atoms with Gasteiger partial charge in [0, 0.05) is 31.5 Å². The second-order valence-electron chi connectivity index (χ2n) is 5.81. The van der Waals surface area contributed by atoms with Gasteiger partial charge in [-0.2, -0.15) is 5.10 Å². The Hall–Kier alpha value is -2.21. The molecule has 1 saturated heterocycles. The molecule has 0 aromatic carbocycles. The number of rotatable bonds is 3. The van der Waals surface area contributed by atoms with Crippen molar-refractivity contribution in [1.82, 2.24) is 25.0 Å². The first-order valence-corrected chi connectivity index (χ1v) is 7.54. The number of carbonyl (C=O) groups excluding carboxylic acids is 1. The van der Waals surface area contributed by atoms with E-state index < -0.39 is 0 Å². The fraction of sp³-hybridized carbons (Fsp3) is 0.438. The van der Waals surface area contributed by atoms with Crippen LogP contribution in [0.2, 0.25) is 0 Å². The van der Waals surface area contributed by atoms with Gasteiger partial charge in [-0.15, -0.1) is 0 Å². The van der Waals surface area contributed by atoms with Gasteiger partial charge in [-0.25, -0.2) is 9.67 Å². The van der Waals surface area contributed by atoms with E-state index in [1.807, 2.05) is 39.1 Å². The molecule has 3 heterocycles. The number of amides is 1. The highest BCUT2D eigenvalue weighted by Crippen LogP contribution is 2.13. The maximum absolute atomic E-state index is 12.5. The zero-order valence-electron chi connectivity index (χ0n) is 13.2. The summed E-state index contributed by atoms with van der Waals surface area (Å²) in [7, 11) is 1.86. The van der Waals surface area contributed by atoms with E-state index in [9.17, 15) is 4.79 Å². The highest BCUT2D eigenvalue weighted by atomic mass is 16.2. The van der Waals surface area contributed by atoms with E-state index in [4.69, 9.17) is 0 Å². The van der Waals surface area contributed by atoms with Crippen molar-refractivity contribution in [2.45, 2.75) is 26.3 Å². The van der Waals surface area contributed by atoms with Gasteiger partial charge in [-0.1, -0.05) is 0 Å². The van der Waals surface area contributed by atoms with E-state index in [0.29, 0.717) is 5.56 Å². The molecule has 0 saturated carbocycles. The van der Waals surface area contributed by atoms with Crippen LogP contribution in [0.3, 0.4) is 0 Å². The number of hydrogen-bond acceptors (Lipinski definition) is 4. The molecule has 1 amide bonds. The highest BCUT2D eigenvalue weighted by Gasteiger charge is 2.24. The Balaban J connectivity index is 1.79. The van der Waals surface area contributed by atoms with Crippen molar-refractivity contribution in [3.8, 4) is 5.82 Å². The van der Waals surface area contributed by atoms with Crippen LogP contribution in [0.25, 0.3) is 5.82 Å². The van der Waals surface area contributed by atoms with Gasteiger partial charge >= 0.3 is 0 Å². The van der Waals surface area contributed by atoms with Crippen LogP contribution in [-0.4, -0.2) is 51.8 Å². The summed E-state index contributed by atoms with van der Waals surface area (Å²) < 4.78 is 1.79. The minimum Gasteiger partial charge on any atom is -0.337 e. The molecule has 3 rings (SSSR count). The monoisotopic (exact) mass is 299 g/mol. The largest absolute Gasteiger partial charge is 0.337 e. The van der Waals surface area contributed by atoms with Crippen LogP contribution >= 0.6 is 0 Å². The van der Waals surface area contributed by atoms with E-state index in [0.717, 1.165) is 36.7 Å². The maximum Gasteiger partial charge on any atom is 0.255 e. The van der Waals surface area contributed by atoms with Crippen LogP contribution in [0.1, 0.15) is 28.2 Å². The lowest BCUT2D eigenvalue weighted by atomic mass is 10.2. The summed E-state index contributed by atoms with van der Waals surface area (Å²) in [6.45, 7) is 5.77. The van der Waals surface area contributed by atoms with Gasteiger partial charge in [-0.3, -0.25) is 4.79 Å². The molecule has 2 aromatic heterocycles. The number of aryl methyl sites for hydroxylation is 2. The Labute approximate surface area is 130 Å². The summed E-state index contributed by atoms with van der Waals surface area (Å²) in [6, 6.07) is 5.93. The molecule has 1 N–H and O–H groups in total. The fourth-order valence-electron chi connectivity index (χ4n) is 2.84. The van der Waals surface area contributed by atoms with Crippen LogP contribution < -0.4 is 5.32 Å². The van der Waals surface area contributed by atoms with Gasteiger partial charge in [0.05, 0.1) is 11.3 Å². The minimum absolute atomic E-state index is 0.0149. The standard InChI is InChI=1S/C16H21N5O/c1-11-8-12(2)21(19-11)15-5-4-13(9-18-15)16(22)20(3)14-6-7-17-10-14/h4-5,8-9,14,17H,6-7,10H2,1-3H3. The first kappa shape index (κ1) is 14.7. The molecule has 6 nitrogen and oxygen atoms in total. The van der Waals surface area contributed by atoms with Gasteiger partial charge in [0.15, 0.2) is 5.82 Å². The zero-order valence-corrected chi connectivity index (χ0v) is 13.2. The summed E-state index contributed by atoms with van der Waals surface area (Å²) >= 11 is 0. The van der Waals surface area contributed by atoms with Crippen molar-refractivity contribution in [2.75, 3.05) is 20.1 Å². The molecule has 0 aliphatic carbocycles. The molecule has 2 aromatic rings. The smallest absolute Gasteiger partial charge is 0.255 e. The zero-order chi connectivity index (χ0) is 15.7. The Bertz CT molecular complexity index is 670. The van der Waals surface area contributed by atoms with Crippen LogP contribution in [0, 0.1) is 13.8 Å². The highest BCUT2D eigenvalue weighted by molar-refractivity contribution is 5.94. The lowest BCUT2D eigenvalue weighted by molar-refractivity contribution is 0.0743. The van der Waals surface area contributed by atoms with E-state index >= 15 is 0 Å². The normalized spacial score (nSPS) is 17.7. The lowest BCUT2D eigenvalue weighted by Gasteiger charge is -2.23. The van der Waals surface area contributed by atoms with E-state index in [1.54, 1.807) is 15.8 Å². The molecule has 1 atom stereocenters. The molecule has 0 bridgehead atoms. The number of aromatic nitrogens is 3. The minimum atomic E-state index is 0.0149. The van der Waals surface area contributed by atoms with Crippen LogP contribution in [0.15, 0.2) is 24.4 Å². The number of nitrogens with one attached hydrogen (secondary N) is 1. The average molecular weight is 299 g/mol. The summed E-state index contributed by atoms with van der Waals surface area (Å²) in [5, 5.41) is 7.68. The number of likely N-dealkylation sites (N-methyl/N-ethyl adjacent to an activating group) is 1. The van der Waals surface area contributed by atoms with Crippen molar-refractivity contribution in [2.24, 2.45) is 0 Å². The molecular formula is C16H21N5O. The van der Waals surface area contributed by atoms with E-state index in [-0.39, 0.29) is 11.9 Å². The summed E-state index contributed by atoms with van der Waals surface area (Å²) in [5.74, 6) is 0.744. The second kappa shape index (κ2) is 5.88. The van der Waals surface area contributed by atoms with Gasteiger partial charge in [0.1, 0.15) is 0 Å². The predicted molar refractivity (Wildman–Crippen MR) is 84.2 cm³/mol. The second-order valence-corrected chi connectivity index (χ2v) is 5.81. The fourth-order valence-corrected chi connectivity index (χ4v) is 2.84. The maximum atomic E-state index is 12.5. The number of carbonyl (C=O) groups is 1. The molecule has 0 radical (unpaired) electrons. The van der Waals surface area contributed by atoms with Gasteiger partial charge in [-0.05, 0) is 45.0 Å².